The molecule has 1 N–H and O–H groups in total. The van der Waals surface area contributed by atoms with Crippen molar-refractivity contribution in [2.45, 2.75) is 26.4 Å². The van der Waals surface area contributed by atoms with Crippen LogP contribution in [0.25, 0.3) is 0 Å². The van der Waals surface area contributed by atoms with Gasteiger partial charge in [-0.25, -0.2) is 12.8 Å². The first-order valence-corrected chi connectivity index (χ1v) is 11.8. The lowest BCUT2D eigenvalue weighted by molar-refractivity contribution is -0.384. The van der Waals surface area contributed by atoms with Crippen molar-refractivity contribution in [1.82, 2.24) is 10.2 Å². The SMILES string of the molecule is CCNC(=O)C(C)N(Cc1ccccc1F)C(=O)CN(c1cccc([N+](=O)[O-])c1)S(C)(=O)=O. The van der Waals surface area contributed by atoms with Crippen LogP contribution in [0, 0.1) is 15.9 Å². The number of nitro benzene ring substituents is 1. The lowest BCUT2D eigenvalue weighted by Crippen LogP contribution is -2.51. The highest BCUT2D eigenvalue weighted by Crippen LogP contribution is 2.24. The Bertz CT molecular complexity index is 1140. The first-order valence-electron chi connectivity index (χ1n) is 9.98. The molecule has 0 bridgehead atoms. The van der Waals surface area contributed by atoms with Gasteiger partial charge < -0.3 is 10.2 Å². The van der Waals surface area contributed by atoms with Crippen molar-refractivity contribution in [2.24, 2.45) is 0 Å². The molecule has 2 rings (SSSR count). The van der Waals surface area contributed by atoms with Crippen LogP contribution in [0.5, 0.6) is 0 Å². The molecule has 0 radical (unpaired) electrons. The fourth-order valence-corrected chi connectivity index (χ4v) is 3.93. The third kappa shape index (κ3) is 6.72. The Morgan fingerprint density at radius 3 is 2.42 bits per heavy atom. The Morgan fingerprint density at radius 2 is 1.85 bits per heavy atom. The molecule has 0 saturated carbocycles. The molecule has 0 aromatic heterocycles. The summed E-state index contributed by atoms with van der Waals surface area (Å²) in [7, 11) is -4.04. The normalized spacial score (nSPS) is 12.0. The van der Waals surface area contributed by atoms with Crippen LogP contribution in [0.4, 0.5) is 15.8 Å². The molecule has 2 aromatic carbocycles. The Labute approximate surface area is 191 Å². The van der Waals surface area contributed by atoms with Crippen LogP contribution in [-0.4, -0.2) is 55.4 Å². The van der Waals surface area contributed by atoms with Gasteiger partial charge >= 0.3 is 0 Å². The summed E-state index contributed by atoms with van der Waals surface area (Å²) in [6.45, 7) is 2.42. The van der Waals surface area contributed by atoms with Crippen molar-refractivity contribution < 1.29 is 27.3 Å². The lowest BCUT2D eigenvalue weighted by atomic mass is 10.1. The van der Waals surface area contributed by atoms with Gasteiger partial charge in [-0.05, 0) is 26.0 Å². The maximum atomic E-state index is 14.3. The zero-order valence-electron chi connectivity index (χ0n) is 18.4. The predicted molar refractivity (Wildman–Crippen MR) is 120 cm³/mol. The van der Waals surface area contributed by atoms with E-state index in [4.69, 9.17) is 0 Å². The third-order valence-corrected chi connectivity index (χ3v) is 5.97. The molecule has 0 aliphatic heterocycles. The Kier molecular flexibility index (Phi) is 8.46. The van der Waals surface area contributed by atoms with E-state index in [9.17, 15) is 32.5 Å². The summed E-state index contributed by atoms with van der Waals surface area (Å²) in [4.78, 5) is 37.2. The molecule has 2 aromatic rings. The summed E-state index contributed by atoms with van der Waals surface area (Å²) in [5.74, 6) is -1.87. The number of benzene rings is 2. The average Bonchev–Trinajstić information content (AvgIpc) is 2.75. The molecule has 33 heavy (non-hydrogen) atoms. The summed E-state index contributed by atoms with van der Waals surface area (Å²) in [5.41, 5.74) is -0.299. The van der Waals surface area contributed by atoms with Crippen LogP contribution in [-0.2, 0) is 26.2 Å². The van der Waals surface area contributed by atoms with E-state index in [-0.39, 0.29) is 23.5 Å². The second-order valence-electron chi connectivity index (χ2n) is 7.23. The first-order chi connectivity index (χ1) is 15.5. The van der Waals surface area contributed by atoms with Gasteiger partial charge in [0.1, 0.15) is 18.4 Å². The molecule has 2 amide bonds. The summed E-state index contributed by atoms with van der Waals surface area (Å²) in [6.07, 6.45) is 0.855. The van der Waals surface area contributed by atoms with Gasteiger partial charge in [0.25, 0.3) is 5.69 Å². The van der Waals surface area contributed by atoms with Crippen LogP contribution < -0.4 is 9.62 Å². The van der Waals surface area contributed by atoms with Crippen molar-refractivity contribution in [2.75, 3.05) is 23.7 Å². The minimum absolute atomic E-state index is 0.0865. The lowest BCUT2D eigenvalue weighted by Gasteiger charge is -2.31. The van der Waals surface area contributed by atoms with Gasteiger partial charge in [0.15, 0.2) is 0 Å². The largest absolute Gasteiger partial charge is 0.355 e. The molecule has 0 aliphatic carbocycles. The molecular formula is C21H25FN4O6S. The van der Waals surface area contributed by atoms with Crippen LogP contribution in [0.3, 0.4) is 0 Å². The molecule has 1 atom stereocenters. The maximum absolute atomic E-state index is 14.3. The van der Waals surface area contributed by atoms with Gasteiger partial charge in [0.2, 0.25) is 21.8 Å². The van der Waals surface area contributed by atoms with Gasteiger partial charge in [0, 0.05) is 30.8 Å². The second kappa shape index (κ2) is 10.9. The molecule has 0 heterocycles. The second-order valence-corrected chi connectivity index (χ2v) is 9.14. The van der Waals surface area contributed by atoms with Crippen LogP contribution in [0.2, 0.25) is 0 Å². The number of amides is 2. The molecule has 0 saturated heterocycles. The molecule has 0 spiro atoms. The number of hydrogen-bond acceptors (Lipinski definition) is 6. The maximum Gasteiger partial charge on any atom is 0.271 e. The molecule has 10 nitrogen and oxygen atoms in total. The summed E-state index contributed by atoms with van der Waals surface area (Å²) in [5, 5.41) is 13.7. The number of nitrogens with zero attached hydrogens (tertiary/aromatic N) is 3. The number of sulfonamides is 1. The number of nitro groups is 1. The zero-order valence-corrected chi connectivity index (χ0v) is 19.2. The predicted octanol–water partition coefficient (Wildman–Crippen LogP) is 2.05. The summed E-state index contributed by atoms with van der Waals surface area (Å²) in [6, 6.07) is 9.51. The standard InChI is InChI=1S/C21H25FN4O6S/c1-4-23-21(28)15(2)24(13-16-8-5-6-11-19(16)22)20(27)14-25(33(3,31)32)17-9-7-10-18(12-17)26(29)30/h5-12,15H,4,13-14H2,1-3H3,(H,23,28). The number of non-ortho nitro benzene ring substituents is 1. The number of rotatable bonds is 10. The number of hydrogen-bond donors (Lipinski definition) is 1. The molecular weight excluding hydrogens is 455 g/mol. The first kappa shape index (κ1) is 25.7. The highest BCUT2D eigenvalue weighted by atomic mass is 32.2. The fraction of sp³-hybridized carbons (Fsp3) is 0.333. The Hall–Kier alpha value is -3.54. The van der Waals surface area contributed by atoms with Gasteiger partial charge in [-0.1, -0.05) is 24.3 Å². The topological polar surface area (TPSA) is 130 Å². The summed E-state index contributed by atoms with van der Waals surface area (Å²) >= 11 is 0. The number of anilines is 1. The van der Waals surface area contributed by atoms with Gasteiger partial charge in [-0.15, -0.1) is 0 Å². The monoisotopic (exact) mass is 480 g/mol. The van der Waals surface area contributed by atoms with Crippen LogP contribution in [0.15, 0.2) is 48.5 Å². The zero-order chi connectivity index (χ0) is 24.8. The van der Waals surface area contributed by atoms with Crippen molar-refractivity contribution in [3.8, 4) is 0 Å². The highest BCUT2D eigenvalue weighted by molar-refractivity contribution is 7.92. The quantitative estimate of drug-likeness (QED) is 0.409. The number of carbonyl (C=O) groups is 2. The summed E-state index contributed by atoms with van der Waals surface area (Å²) < 4.78 is 39.8. The van der Waals surface area contributed by atoms with Crippen LogP contribution in [0.1, 0.15) is 19.4 Å². The van der Waals surface area contributed by atoms with E-state index in [0.29, 0.717) is 10.8 Å². The Balaban J connectivity index is 2.44. The van der Waals surface area contributed by atoms with E-state index < -0.39 is 45.2 Å². The van der Waals surface area contributed by atoms with Crippen molar-refractivity contribution in [1.29, 1.82) is 0 Å². The molecule has 0 fully saturated rings. The number of likely N-dealkylation sites (N-methyl/N-ethyl adjacent to an activating group) is 1. The molecule has 1 unspecified atom stereocenters. The van der Waals surface area contributed by atoms with Crippen LogP contribution >= 0.6 is 0 Å². The van der Waals surface area contributed by atoms with E-state index >= 15 is 0 Å². The number of halogens is 1. The van der Waals surface area contributed by atoms with E-state index in [1.807, 2.05) is 0 Å². The Morgan fingerprint density at radius 1 is 1.18 bits per heavy atom. The smallest absolute Gasteiger partial charge is 0.271 e. The van der Waals surface area contributed by atoms with E-state index in [1.165, 1.54) is 43.3 Å². The number of carbonyl (C=O) groups excluding carboxylic acids is 2. The van der Waals surface area contributed by atoms with Crippen molar-refractivity contribution >= 4 is 33.2 Å². The minimum atomic E-state index is -4.04. The average molecular weight is 481 g/mol. The van der Waals surface area contributed by atoms with Gasteiger partial charge in [-0.3, -0.25) is 24.0 Å². The minimum Gasteiger partial charge on any atom is -0.355 e. The van der Waals surface area contributed by atoms with E-state index in [1.54, 1.807) is 13.0 Å². The fourth-order valence-electron chi connectivity index (χ4n) is 3.09. The molecule has 178 valence electrons. The van der Waals surface area contributed by atoms with Crippen molar-refractivity contribution in [3.63, 3.8) is 0 Å². The van der Waals surface area contributed by atoms with E-state index in [2.05, 4.69) is 5.32 Å². The number of nitrogens with one attached hydrogen (secondary N) is 1. The van der Waals surface area contributed by atoms with E-state index in [0.717, 1.165) is 17.2 Å². The van der Waals surface area contributed by atoms with Gasteiger partial charge in [-0.2, -0.15) is 0 Å². The highest BCUT2D eigenvalue weighted by Gasteiger charge is 2.30. The van der Waals surface area contributed by atoms with Crippen molar-refractivity contribution in [3.05, 3.63) is 70.0 Å². The molecule has 12 heteroatoms. The third-order valence-electron chi connectivity index (χ3n) is 4.82. The molecule has 0 aliphatic rings. The van der Waals surface area contributed by atoms with Gasteiger partial charge in [0.05, 0.1) is 16.9 Å².